The summed E-state index contributed by atoms with van der Waals surface area (Å²) in [4.78, 5) is 25.2. The maximum atomic E-state index is 11.9. The minimum absolute atomic E-state index is 0.0776. The summed E-state index contributed by atoms with van der Waals surface area (Å²) in [6, 6.07) is 5.29. The van der Waals surface area contributed by atoms with E-state index in [-0.39, 0.29) is 30.8 Å². The van der Waals surface area contributed by atoms with Gasteiger partial charge in [0.2, 0.25) is 11.8 Å². The van der Waals surface area contributed by atoms with E-state index in [1.165, 1.54) is 18.9 Å². The summed E-state index contributed by atoms with van der Waals surface area (Å²) in [6.45, 7) is 5.54. The average molecular weight is 308 g/mol. The van der Waals surface area contributed by atoms with Crippen LogP contribution in [0.4, 0.5) is 5.69 Å². The van der Waals surface area contributed by atoms with Gasteiger partial charge in [-0.25, -0.2) is 0 Å². The van der Waals surface area contributed by atoms with E-state index in [9.17, 15) is 9.59 Å². The van der Waals surface area contributed by atoms with Crippen LogP contribution < -0.4 is 19.7 Å². The molecule has 122 valence electrons. The number of anilines is 1. The van der Waals surface area contributed by atoms with Gasteiger partial charge in [-0.15, -0.1) is 0 Å². The first kappa shape index (κ1) is 17.8. The molecule has 22 heavy (non-hydrogen) atoms. The number of nitrogens with one attached hydrogen (secondary N) is 1. The summed E-state index contributed by atoms with van der Waals surface area (Å²) >= 11 is 0. The quantitative estimate of drug-likeness (QED) is 0.836. The number of carbonyl (C=O) groups is 2. The predicted octanol–water partition coefficient (Wildman–Crippen LogP) is 1.97. The number of carbonyl (C=O) groups excluding carboxylic acids is 2. The van der Waals surface area contributed by atoms with Gasteiger partial charge in [0.25, 0.3) is 0 Å². The van der Waals surface area contributed by atoms with Crippen molar-refractivity contribution in [2.24, 2.45) is 0 Å². The SMILES string of the molecule is COc1ccc(N(CCC(=O)NC(C)C)C(C)=O)c(OC)c1. The van der Waals surface area contributed by atoms with Crippen LogP contribution in [0.25, 0.3) is 0 Å². The van der Waals surface area contributed by atoms with Gasteiger partial charge in [-0.2, -0.15) is 0 Å². The molecule has 0 aromatic heterocycles. The van der Waals surface area contributed by atoms with Crippen molar-refractivity contribution in [1.29, 1.82) is 0 Å². The van der Waals surface area contributed by atoms with Crippen LogP contribution in [-0.2, 0) is 9.59 Å². The summed E-state index contributed by atoms with van der Waals surface area (Å²) < 4.78 is 10.5. The molecule has 0 saturated carbocycles. The molecule has 1 aromatic carbocycles. The minimum atomic E-state index is -0.152. The zero-order chi connectivity index (χ0) is 16.7. The molecule has 0 heterocycles. The van der Waals surface area contributed by atoms with Crippen LogP contribution in [-0.4, -0.2) is 38.6 Å². The molecule has 1 aromatic rings. The van der Waals surface area contributed by atoms with Gasteiger partial charge in [-0.1, -0.05) is 0 Å². The van der Waals surface area contributed by atoms with Gasteiger partial charge in [-0.3, -0.25) is 9.59 Å². The number of methoxy groups -OCH3 is 2. The number of hydrogen-bond acceptors (Lipinski definition) is 4. The van der Waals surface area contributed by atoms with Gasteiger partial charge < -0.3 is 19.7 Å². The number of benzene rings is 1. The van der Waals surface area contributed by atoms with E-state index in [1.54, 1.807) is 25.3 Å². The Bertz CT molecular complexity index is 529. The second-order valence-electron chi connectivity index (χ2n) is 5.18. The second-order valence-corrected chi connectivity index (χ2v) is 5.18. The zero-order valence-corrected chi connectivity index (χ0v) is 13.8. The largest absolute Gasteiger partial charge is 0.497 e. The van der Waals surface area contributed by atoms with Crippen molar-refractivity contribution in [3.8, 4) is 11.5 Å². The van der Waals surface area contributed by atoms with E-state index in [4.69, 9.17) is 9.47 Å². The molecule has 6 nitrogen and oxygen atoms in total. The molecule has 2 amide bonds. The smallest absolute Gasteiger partial charge is 0.223 e. The van der Waals surface area contributed by atoms with E-state index >= 15 is 0 Å². The number of ether oxygens (including phenoxy) is 2. The lowest BCUT2D eigenvalue weighted by Gasteiger charge is -2.23. The van der Waals surface area contributed by atoms with Gasteiger partial charge in [0, 0.05) is 32.0 Å². The van der Waals surface area contributed by atoms with Crippen LogP contribution in [0.1, 0.15) is 27.2 Å². The van der Waals surface area contributed by atoms with Gasteiger partial charge in [0.1, 0.15) is 11.5 Å². The lowest BCUT2D eigenvalue weighted by atomic mass is 10.2. The van der Waals surface area contributed by atoms with E-state index in [0.717, 1.165) is 0 Å². The fraction of sp³-hybridized carbons (Fsp3) is 0.500. The Balaban J connectivity index is 2.92. The summed E-state index contributed by atoms with van der Waals surface area (Å²) in [7, 11) is 3.09. The first-order chi connectivity index (χ1) is 10.4. The highest BCUT2D eigenvalue weighted by Crippen LogP contribution is 2.32. The highest BCUT2D eigenvalue weighted by atomic mass is 16.5. The molecule has 0 atom stereocenters. The molecule has 6 heteroatoms. The van der Waals surface area contributed by atoms with Crippen LogP contribution in [0.3, 0.4) is 0 Å². The molecular weight excluding hydrogens is 284 g/mol. The molecular formula is C16H24N2O4. The predicted molar refractivity (Wildman–Crippen MR) is 85.5 cm³/mol. The fourth-order valence-corrected chi connectivity index (χ4v) is 2.06. The molecule has 0 bridgehead atoms. The molecule has 0 radical (unpaired) electrons. The average Bonchev–Trinajstić information content (AvgIpc) is 2.46. The Morgan fingerprint density at radius 2 is 1.91 bits per heavy atom. The van der Waals surface area contributed by atoms with Crippen molar-refractivity contribution in [3.63, 3.8) is 0 Å². The molecule has 0 aliphatic rings. The Kier molecular flexibility index (Phi) is 6.69. The van der Waals surface area contributed by atoms with Crippen LogP contribution in [0, 0.1) is 0 Å². The van der Waals surface area contributed by atoms with E-state index < -0.39 is 0 Å². The Labute approximate surface area is 131 Å². The highest BCUT2D eigenvalue weighted by Gasteiger charge is 2.18. The van der Waals surface area contributed by atoms with Gasteiger partial charge in [0.05, 0.1) is 19.9 Å². The zero-order valence-electron chi connectivity index (χ0n) is 13.8. The third kappa shape index (κ3) is 4.95. The monoisotopic (exact) mass is 308 g/mol. The standard InChI is InChI=1S/C16H24N2O4/c1-11(2)17-16(20)8-9-18(12(3)19)14-7-6-13(21-4)10-15(14)22-5/h6-7,10-11H,8-9H2,1-5H3,(H,17,20). The van der Waals surface area contributed by atoms with Crippen molar-refractivity contribution < 1.29 is 19.1 Å². The number of amides is 2. The van der Waals surface area contributed by atoms with E-state index in [2.05, 4.69) is 5.32 Å². The normalized spacial score (nSPS) is 10.3. The highest BCUT2D eigenvalue weighted by molar-refractivity contribution is 5.94. The lowest BCUT2D eigenvalue weighted by molar-refractivity contribution is -0.121. The molecule has 0 aliphatic carbocycles. The summed E-state index contributed by atoms with van der Waals surface area (Å²) in [5, 5.41) is 2.81. The summed E-state index contributed by atoms with van der Waals surface area (Å²) in [5.74, 6) is 0.926. The van der Waals surface area contributed by atoms with Gasteiger partial charge in [-0.05, 0) is 26.0 Å². The van der Waals surface area contributed by atoms with Crippen LogP contribution in [0.5, 0.6) is 11.5 Å². The summed E-state index contributed by atoms with van der Waals surface area (Å²) in [6.07, 6.45) is 0.229. The second kappa shape index (κ2) is 8.26. The molecule has 0 spiro atoms. The van der Waals surface area contributed by atoms with Crippen molar-refractivity contribution >= 4 is 17.5 Å². The van der Waals surface area contributed by atoms with Crippen molar-refractivity contribution in [3.05, 3.63) is 18.2 Å². The number of rotatable bonds is 7. The topological polar surface area (TPSA) is 67.9 Å². The third-order valence-corrected chi connectivity index (χ3v) is 3.07. The molecule has 0 unspecified atom stereocenters. The van der Waals surface area contributed by atoms with Crippen molar-refractivity contribution in [2.75, 3.05) is 25.7 Å². The minimum Gasteiger partial charge on any atom is -0.497 e. The van der Waals surface area contributed by atoms with E-state index in [1.807, 2.05) is 13.8 Å². The maximum absolute atomic E-state index is 11.9. The molecule has 0 fully saturated rings. The Morgan fingerprint density at radius 1 is 1.23 bits per heavy atom. The molecule has 0 saturated heterocycles. The van der Waals surface area contributed by atoms with E-state index in [0.29, 0.717) is 17.2 Å². The Morgan fingerprint density at radius 3 is 2.41 bits per heavy atom. The molecule has 1 N–H and O–H groups in total. The number of nitrogens with zero attached hydrogens (tertiary/aromatic N) is 1. The maximum Gasteiger partial charge on any atom is 0.223 e. The molecule has 1 rings (SSSR count). The van der Waals surface area contributed by atoms with Crippen LogP contribution in [0.2, 0.25) is 0 Å². The van der Waals surface area contributed by atoms with Crippen LogP contribution in [0.15, 0.2) is 18.2 Å². The fourth-order valence-electron chi connectivity index (χ4n) is 2.06. The molecule has 0 aliphatic heterocycles. The van der Waals surface area contributed by atoms with Gasteiger partial charge in [0.15, 0.2) is 0 Å². The third-order valence-electron chi connectivity index (χ3n) is 3.07. The first-order valence-corrected chi connectivity index (χ1v) is 7.18. The lowest BCUT2D eigenvalue weighted by Crippen LogP contribution is -2.36. The first-order valence-electron chi connectivity index (χ1n) is 7.18. The summed E-state index contributed by atoms with van der Waals surface area (Å²) in [5.41, 5.74) is 0.619. The van der Waals surface area contributed by atoms with Crippen molar-refractivity contribution in [2.45, 2.75) is 33.2 Å². The van der Waals surface area contributed by atoms with Gasteiger partial charge >= 0.3 is 0 Å². The number of hydrogen-bond donors (Lipinski definition) is 1. The Hall–Kier alpha value is -2.24. The van der Waals surface area contributed by atoms with Crippen LogP contribution >= 0.6 is 0 Å². The van der Waals surface area contributed by atoms with Crippen molar-refractivity contribution in [1.82, 2.24) is 5.32 Å².